The summed E-state index contributed by atoms with van der Waals surface area (Å²) in [4.78, 5) is 23.8. The fourth-order valence-corrected chi connectivity index (χ4v) is 4.64. The van der Waals surface area contributed by atoms with Crippen LogP contribution in [-0.4, -0.2) is 15.0 Å². The molecular weight excluding hydrogens is 378 g/mol. The summed E-state index contributed by atoms with van der Waals surface area (Å²) in [6.45, 7) is 0. The topological polar surface area (TPSA) is 61.5 Å². The normalized spacial score (nSPS) is 15.7. The lowest BCUT2D eigenvalue weighted by Crippen LogP contribution is -2.05. The number of rotatable bonds is 2. The predicted octanol–water partition coefficient (Wildman–Crippen LogP) is 5.05. The predicted molar refractivity (Wildman–Crippen MR) is 105 cm³/mol. The van der Waals surface area contributed by atoms with Crippen molar-refractivity contribution >= 4 is 48.5 Å². The van der Waals surface area contributed by atoms with Crippen molar-refractivity contribution < 1.29 is 0 Å². The van der Waals surface area contributed by atoms with Gasteiger partial charge in [-0.15, -0.1) is 0 Å². The molecule has 0 spiro atoms. The summed E-state index contributed by atoms with van der Waals surface area (Å²) >= 11 is 3.53. The molecule has 0 radical (unpaired) electrons. The van der Waals surface area contributed by atoms with Gasteiger partial charge in [-0.2, -0.15) is 0 Å². The van der Waals surface area contributed by atoms with Crippen molar-refractivity contribution in [1.29, 1.82) is 0 Å². The third-order valence-corrected chi connectivity index (χ3v) is 5.94. The first kappa shape index (κ1) is 15.1. The Morgan fingerprint density at radius 3 is 2.80 bits per heavy atom. The number of nitrogens with zero attached hydrogens (tertiary/aromatic N) is 1. The lowest BCUT2D eigenvalue weighted by atomic mass is 10.0. The van der Waals surface area contributed by atoms with E-state index < -0.39 is 0 Å². The Morgan fingerprint density at radius 2 is 1.96 bits per heavy atom. The molecule has 5 heteroatoms. The molecule has 1 aliphatic rings. The Morgan fingerprint density at radius 1 is 1.12 bits per heavy atom. The minimum atomic E-state index is -0.0668. The molecule has 0 aliphatic heterocycles. The molecule has 2 N–H and O–H groups in total. The van der Waals surface area contributed by atoms with Gasteiger partial charge in [-0.25, -0.2) is 4.98 Å². The minimum absolute atomic E-state index is 0.0668. The monoisotopic (exact) mass is 395 g/mol. The van der Waals surface area contributed by atoms with E-state index in [0.717, 1.165) is 49.8 Å². The first-order chi connectivity index (χ1) is 12.2. The maximum atomic E-state index is 12.5. The van der Waals surface area contributed by atoms with Gasteiger partial charge in [0.1, 0.15) is 5.82 Å². The molecule has 2 aromatic carbocycles. The van der Waals surface area contributed by atoms with Crippen LogP contribution in [0.25, 0.3) is 32.6 Å². The summed E-state index contributed by atoms with van der Waals surface area (Å²) < 4.78 is 0.967. The molecule has 1 aliphatic carbocycles. The number of pyridine rings is 1. The number of aromatic nitrogens is 3. The summed E-state index contributed by atoms with van der Waals surface area (Å²) in [5.74, 6) is 1.77. The van der Waals surface area contributed by atoms with Crippen LogP contribution in [0.15, 0.2) is 39.7 Å². The lowest BCUT2D eigenvalue weighted by molar-refractivity contribution is 0.534. The van der Waals surface area contributed by atoms with E-state index in [2.05, 4.69) is 32.0 Å². The number of H-pyrrole nitrogens is 2. The van der Waals surface area contributed by atoms with Crippen molar-refractivity contribution in [3.63, 3.8) is 0 Å². The van der Waals surface area contributed by atoms with Crippen molar-refractivity contribution in [3.05, 3.63) is 51.1 Å². The highest BCUT2D eigenvalue weighted by molar-refractivity contribution is 9.10. The van der Waals surface area contributed by atoms with Crippen LogP contribution in [0.2, 0.25) is 0 Å². The number of benzene rings is 2. The second-order valence-electron chi connectivity index (χ2n) is 7.05. The zero-order valence-corrected chi connectivity index (χ0v) is 15.3. The number of hydrogen-bond acceptors (Lipinski definition) is 2. The van der Waals surface area contributed by atoms with Crippen molar-refractivity contribution in [2.24, 2.45) is 5.92 Å². The van der Waals surface area contributed by atoms with Crippen LogP contribution < -0.4 is 5.56 Å². The van der Waals surface area contributed by atoms with E-state index in [1.165, 1.54) is 25.7 Å². The molecule has 4 aromatic rings. The van der Waals surface area contributed by atoms with Crippen LogP contribution in [-0.2, 0) is 6.42 Å². The van der Waals surface area contributed by atoms with Crippen LogP contribution in [0.4, 0.5) is 0 Å². The number of fused-ring (bicyclic) bond motifs is 6. The number of hydrogen-bond donors (Lipinski definition) is 2. The molecule has 5 rings (SSSR count). The van der Waals surface area contributed by atoms with Gasteiger partial charge in [0.15, 0.2) is 0 Å². The quantitative estimate of drug-likeness (QED) is 0.466. The van der Waals surface area contributed by atoms with E-state index in [1.807, 2.05) is 18.2 Å². The van der Waals surface area contributed by atoms with Gasteiger partial charge in [-0.3, -0.25) is 4.79 Å². The van der Waals surface area contributed by atoms with Crippen LogP contribution in [0.5, 0.6) is 0 Å². The molecule has 126 valence electrons. The second kappa shape index (κ2) is 5.70. The van der Waals surface area contributed by atoms with Gasteiger partial charge in [0.25, 0.3) is 5.56 Å². The molecule has 25 heavy (non-hydrogen) atoms. The van der Waals surface area contributed by atoms with Crippen molar-refractivity contribution in [1.82, 2.24) is 15.0 Å². The van der Waals surface area contributed by atoms with Crippen molar-refractivity contribution in [3.8, 4) is 0 Å². The van der Waals surface area contributed by atoms with Gasteiger partial charge in [0.05, 0.1) is 16.4 Å². The Hall–Kier alpha value is -2.14. The summed E-state index contributed by atoms with van der Waals surface area (Å²) in [6.07, 6.45) is 7.97. The zero-order valence-electron chi connectivity index (χ0n) is 13.7. The molecule has 1 saturated carbocycles. The molecule has 0 amide bonds. The van der Waals surface area contributed by atoms with Gasteiger partial charge in [0.2, 0.25) is 0 Å². The Bertz CT molecular complexity index is 1170. The fourth-order valence-electron chi connectivity index (χ4n) is 4.28. The average Bonchev–Trinajstić information content (AvgIpc) is 3.25. The van der Waals surface area contributed by atoms with Gasteiger partial charge >= 0.3 is 0 Å². The molecule has 0 atom stereocenters. The van der Waals surface area contributed by atoms with E-state index in [-0.39, 0.29) is 5.56 Å². The maximum absolute atomic E-state index is 12.5. The summed E-state index contributed by atoms with van der Waals surface area (Å²) in [6, 6.07) is 8.05. The van der Waals surface area contributed by atoms with Gasteiger partial charge in [-0.1, -0.05) is 47.7 Å². The largest absolute Gasteiger partial charge is 0.341 e. The first-order valence-electron chi connectivity index (χ1n) is 8.82. The van der Waals surface area contributed by atoms with E-state index in [9.17, 15) is 4.79 Å². The number of nitrogens with one attached hydrogen (secondary N) is 2. The number of imidazole rings is 1. The molecule has 1 fully saturated rings. The van der Waals surface area contributed by atoms with Crippen LogP contribution >= 0.6 is 15.9 Å². The minimum Gasteiger partial charge on any atom is -0.341 e. The highest BCUT2D eigenvalue weighted by Gasteiger charge is 2.19. The third kappa shape index (κ3) is 2.41. The average molecular weight is 396 g/mol. The Kier molecular flexibility index (Phi) is 3.45. The Labute approximate surface area is 152 Å². The maximum Gasteiger partial charge on any atom is 0.256 e. The molecule has 0 bridgehead atoms. The van der Waals surface area contributed by atoms with Crippen molar-refractivity contribution in [2.75, 3.05) is 0 Å². The fraction of sp³-hybridized carbons (Fsp3) is 0.300. The Balaban J connectivity index is 1.85. The van der Waals surface area contributed by atoms with Gasteiger partial charge in [-0.05, 0) is 29.5 Å². The van der Waals surface area contributed by atoms with E-state index >= 15 is 0 Å². The van der Waals surface area contributed by atoms with Gasteiger partial charge in [0, 0.05) is 27.9 Å². The van der Waals surface area contributed by atoms with Crippen molar-refractivity contribution in [2.45, 2.75) is 32.1 Å². The second-order valence-corrected chi connectivity index (χ2v) is 7.96. The lowest BCUT2D eigenvalue weighted by Gasteiger charge is -2.05. The third-order valence-electron chi connectivity index (χ3n) is 5.45. The van der Waals surface area contributed by atoms with Crippen LogP contribution in [0, 0.1) is 5.92 Å². The molecule has 2 heterocycles. The molecule has 0 unspecified atom stereocenters. The number of halogens is 1. The highest BCUT2D eigenvalue weighted by Crippen LogP contribution is 2.34. The van der Waals surface area contributed by atoms with Crippen LogP contribution in [0.1, 0.15) is 31.5 Å². The van der Waals surface area contributed by atoms with Crippen LogP contribution in [0.3, 0.4) is 0 Å². The number of aromatic amines is 2. The zero-order chi connectivity index (χ0) is 17.0. The standard InChI is InChI=1S/C20H18BrN3O/c21-12-5-6-13-15(10-12)17-14(7-8-22-20(17)25)19-18(13)23-16(24-19)9-11-3-1-2-4-11/h5-8,10-11H,1-4,9H2,(H,22,25)(H,23,24). The summed E-state index contributed by atoms with van der Waals surface area (Å²) in [5, 5.41) is 3.63. The first-order valence-corrected chi connectivity index (χ1v) is 9.61. The van der Waals surface area contributed by atoms with E-state index in [4.69, 9.17) is 4.98 Å². The molecule has 2 aromatic heterocycles. The SMILES string of the molecule is O=c1[nH]ccc2c3nc(CC4CCCC4)[nH]c3c3ccc(Br)cc3c12. The molecule has 4 nitrogen and oxygen atoms in total. The summed E-state index contributed by atoms with van der Waals surface area (Å²) in [5.41, 5.74) is 1.88. The van der Waals surface area contributed by atoms with E-state index in [1.54, 1.807) is 6.20 Å². The smallest absolute Gasteiger partial charge is 0.256 e. The van der Waals surface area contributed by atoms with E-state index in [0.29, 0.717) is 5.39 Å². The molecule has 0 saturated heterocycles. The molecular formula is C20H18BrN3O. The van der Waals surface area contributed by atoms with Gasteiger partial charge < -0.3 is 9.97 Å². The summed E-state index contributed by atoms with van der Waals surface area (Å²) in [7, 11) is 0. The highest BCUT2D eigenvalue weighted by atomic mass is 79.9.